The van der Waals surface area contributed by atoms with E-state index in [-0.39, 0.29) is 6.42 Å². The highest BCUT2D eigenvalue weighted by molar-refractivity contribution is 7.17. The molecule has 2 aromatic heterocycles. The summed E-state index contributed by atoms with van der Waals surface area (Å²) in [6.07, 6.45) is 0.258. The van der Waals surface area contributed by atoms with Crippen LogP contribution in [0.25, 0.3) is 27.5 Å². The molecular weight excluding hydrogens is 370 g/mol. The van der Waals surface area contributed by atoms with Crippen molar-refractivity contribution < 1.29 is 9.47 Å². The van der Waals surface area contributed by atoms with Crippen LogP contribution in [0.3, 0.4) is 0 Å². The molecule has 140 valence electrons. The fraction of sp³-hybridized carbons (Fsp3) is 0.182. The molecule has 0 radical (unpaired) electrons. The minimum Gasteiger partial charge on any atom is -0.497 e. The summed E-state index contributed by atoms with van der Waals surface area (Å²) >= 11 is 1.62. The Hall–Kier alpha value is -3.30. The minimum absolute atomic E-state index is 0.258. The largest absolute Gasteiger partial charge is 0.497 e. The number of aromatic nitrogens is 2. The Bertz CT molecular complexity index is 1180. The third kappa shape index (κ3) is 2.90. The number of methoxy groups -OCH3 is 2. The second-order valence-corrected chi connectivity index (χ2v) is 7.48. The molecule has 5 nitrogen and oxygen atoms in total. The molecule has 0 N–H and O–H groups in total. The molecule has 0 saturated carbocycles. The Kier molecular flexibility index (Phi) is 4.76. The number of ether oxygens (including phenoxy) is 2. The molecule has 0 saturated heterocycles. The monoisotopic (exact) mass is 389 g/mol. The zero-order chi connectivity index (χ0) is 19.7. The van der Waals surface area contributed by atoms with Gasteiger partial charge in [-0.2, -0.15) is 5.26 Å². The van der Waals surface area contributed by atoms with Gasteiger partial charge in [0.05, 0.1) is 43.8 Å². The molecule has 0 aliphatic heterocycles. The van der Waals surface area contributed by atoms with E-state index in [2.05, 4.69) is 17.4 Å². The van der Waals surface area contributed by atoms with Gasteiger partial charge in [0, 0.05) is 10.4 Å². The summed E-state index contributed by atoms with van der Waals surface area (Å²) in [6, 6.07) is 18.0. The number of nitriles is 1. The van der Waals surface area contributed by atoms with Gasteiger partial charge in [-0.15, -0.1) is 11.3 Å². The predicted octanol–water partition coefficient (Wildman–Crippen LogP) is 5.12. The van der Waals surface area contributed by atoms with Crippen molar-refractivity contribution in [2.45, 2.75) is 13.3 Å². The Morgan fingerprint density at radius 3 is 2.50 bits per heavy atom. The highest BCUT2D eigenvalue weighted by Crippen LogP contribution is 2.39. The van der Waals surface area contributed by atoms with Crippen molar-refractivity contribution in [2.24, 2.45) is 0 Å². The van der Waals surface area contributed by atoms with Crippen molar-refractivity contribution in [3.05, 3.63) is 59.1 Å². The number of benzene rings is 2. The maximum absolute atomic E-state index is 9.50. The van der Waals surface area contributed by atoms with Crippen molar-refractivity contribution in [2.75, 3.05) is 14.2 Å². The molecule has 0 aliphatic rings. The minimum atomic E-state index is 0.258. The summed E-state index contributed by atoms with van der Waals surface area (Å²) in [4.78, 5) is 6.90. The highest BCUT2D eigenvalue weighted by Gasteiger charge is 2.22. The third-order valence-electron chi connectivity index (χ3n) is 4.72. The van der Waals surface area contributed by atoms with Gasteiger partial charge in [0.25, 0.3) is 0 Å². The van der Waals surface area contributed by atoms with Crippen LogP contribution in [0, 0.1) is 18.3 Å². The molecule has 4 aromatic rings. The summed E-state index contributed by atoms with van der Waals surface area (Å²) in [5.74, 6) is 1.56. The maximum atomic E-state index is 9.50. The lowest BCUT2D eigenvalue weighted by Crippen LogP contribution is -1.97. The number of nitrogens with zero attached hydrogens (tertiary/aromatic N) is 3. The molecular formula is C22H19N3O2S. The second kappa shape index (κ2) is 7.37. The third-order valence-corrected chi connectivity index (χ3v) is 5.67. The van der Waals surface area contributed by atoms with Gasteiger partial charge in [-0.1, -0.05) is 12.1 Å². The van der Waals surface area contributed by atoms with E-state index in [1.54, 1.807) is 25.6 Å². The van der Waals surface area contributed by atoms with E-state index in [0.29, 0.717) is 0 Å². The van der Waals surface area contributed by atoms with Crippen molar-refractivity contribution in [1.29, 1.82) is 5.26 Å². The van der Waals surface area contributed by atoms with E-state index in [1.807, 2.05) is 48.5 Å². The lowest BCUT2D eigenvalue weighted by molar-refractivity contribution is 0.415. The molecule has 6 heteroatoms. The van der Waals surface area contributed by atoms with Crippen LogP contribution in [-0.2, 0) is 6.42 Å². The van der Waals surface area contributed by atoms with Gasteiger partial charge < -0.3 is 9.47 Å². The smallest absolute Gasteiger partial charge is 0.195 e. The summed E-state index contributed by atoms with van der Waals surface area (Å²) in [5.41, 5.74) is 4.68. The average molecular weight is 389 g/mol. The summed E-state index contributed by atoms with van der Waals surface area (Å²) in [5, 5.41) is 9.50. The molecule has 0 bridgehead atoms. The Morgan fingerprint density at radius 2 is 1.82 bits per heavy atom. The first kappa shape index (κ1) is 18.1. The summed E-state index contributed by atoms with van der Waals surface area (Å²) < 4.78 is 12.9. The zero-order valence-corrected chi connectivity index (χ0v) is 16.7. The van der Waals surface area contributed by atoms with Gasteiger partial charge in [-0.25, -0.2) is 4.98 Å². The number of aryl methyl sites for hydroxylation is 1. The van der Waals surface area contributed by atoms with Gasteiger partial charge in [-0.3, -0.25) is 4.40 Å². The van der Waals surface area contributed by atoms with Crippen molar-refractivity contribution in [3.8, 4) is 40.1 Å². The van der Waals surface area contributed by atoms with E-state index in [4.69, 9.17) is 14.5 Å². The first-order valence-corrected chi connectivity index (χ1v) is 9.65. The van der Waals surface area contributed by atoms with Crippen LogP contribution in [0.2, 0.25) is 0 Å². The van der Waals surface area contributed by atoms with Crippen LogP contribution in [-0.4, -0.2) is 23.6 Å². The lowest BCUT2D eigenvalue weighted by Gasteiger charge is -2.09. The number of rotatable bonds is 5. The molecule has 0 aliphatic carbocycles. The van der Waals surface area contributed by atoms with E-state index < -0.39 is 0 Å². The Balaban J connectivity index is 1.99. The van der Waals surface area contributed by atoms with Crippen LogP contribution in [0.4, 0.5) is 0 Å². The lowest BCUT2D eigenvalue weighted by atomic mass is 10.1. The molecule has 0 fully saturated rings. The number of hydrogen-bond acceptors (Lipinski definition) is 5. The number of imidazole rings is 1. The van der Waals surface area contributed by atoms with Gasteiger partial charge in [0.15, 0.2) is 4.96 Å². The van der Waals surface area contributed by atoms with Crippen LogP contribution in [0.5, 0.6) is 11.5 Å². The molecule has 2 aromatic carbocycles. The number of para-hydroxylation sites is 1. The molecule has 2 heterocycles. The number of hydrogen-bond donors (Lipinski definition) is 0. The fourth-order valence-corrected chi connectivity index (χ4v) is 4.46. The van der Waals surface area contributed by atoms with Crippen molar-refractivity contribution in [1.82, 2.24) is 9.38 Å². The SMILES string of the molecule is COc1ccc(-c2c(C)sc3nc(-c4ccccc4OC)c(CC#N)n23)cc1. The quantitative estimate of drug-likeness (QED) is 0.475. The number of fused-ring (bicyclic) bond motifs is 1. The first-order chi connectivity index (χ1) is 13.7. The van der Waals surface area contributed by atoms with Crippen LogP contribution in [0.15, 0.2) is 48.5 Å². The Morgan fingerprint density at radius 1 is 1.07 bits per heavy atom. The predicted molar refractivity (Wildman–Crippen MR) is 111 cm³/mol. The van der Waals surface area contributed by atoms with Gasteiger partial charge in [0.1, 0.15) is 11.5 Å². The summed E-state index contributed by atoms with van der Waals surface area (Å²) in [6.45, 7) is 2.08. The van der Waals surface area contributed by atoms with E-state index in [0.717, 1.165) is 49.5 Å². The van der Waals surface area contributed by atoms with E-state index in [9.17, 15) is 5.26 Å². The summed E-state index contributed by atoms with van der Waals surface area (Å²) in [7, 11) is 3.30. The Labute approximate surface area is 167 Å². The average Bonchev–Trinajstić information content (AvgIpc) is 3.23. The molecule has 0 unspecified atom stereocenters. The van der Waals surface area contributed by atoms with Crippen LogP contribution >= 0.6 is 11.3 Å². The van der Waals surface area contributed by atoms with Crippen LogP contribution in [0.1, 0.15) is 10.6 Å². The van der Waals surface area contributed by atoms with Gasteiger partial charge in [-0.05, 0) is 48.9 Å². The fourth-order valence-electron chi connectivity index (χ4n) is 3.45. The van der Waals surface area contributed by atoms with Gasteiger partial charge in [0.2, 0.25) is 0 Å². The highest BCUT2D eigenvalue weighted by atomic mass is 32.1. The normalized spacial score (nSPS) is 10.8. The molecule has 0 atom stereocenters. The topological polar surface area (TPSA) is 59.5 Å². The van der Waals surface area contributed by atoms with Gasteiger partial charge >= 0.3 is 0 Å². The maximum Gasteiger partial charge on any atom is 0.195 e. The molecule has 0 spiro atoms. The molecule has 0 amide bonds. The number of thiazole rings is 1. The zero-order valence-electron chi connectivity index (χ0n) is 15.9. The van der Waals surface area contributed by atoms with Crippen molar-refractivity contribution in [3.63, 3.8) is 0 Å². The standard InChI is InChI=1S/C22H19N3O2S/c1-14-21(15-8-10-16(26-2)11-9-15)25-18(12-13-23)20(24-22(25)28-14)17-6-4-5-7-19(17)27-3/h4-11H,12H2,1-3H3. The molecule has 28 heavy (non-hydrogen) atoms. The van der Waals surface area contributed by atoms with Crippen LogP contribution < -0.4 is 9.47 Å². The van der Waals surface area contributed by atoms with E-state index >= 15 is 0 Å². The molecule has 4 rings (SSSR count). The first-order valence-electron chi connectivity index (χ1n) is 8.83. The second-order valence-electron chi connectivity index (χ2n) is 6.30. The van der Waals surface area contributed by atoms with Crippen molar-refractivity contribution >= 4 is 16.3 Å². The van der Waals surface area contributed by atoms with E-state index in [1.165, 1.54) is 0 Å².